The molecule has 0 aromatic heterocycles. The van der Waals surface area contributed by atoms with Gasteiger partial charge in [-0.1, -0.05) is 72.8 Å². The van der Waals surface area contributed by atoms with Crippen molar-refractivity contribution in [1.82, 2.24) is 10.4 Å². The maximum absolute atomic E-state index is 13.6. The smallest absolute Gasteiger partial charge is 0.333 e. The summed E-state index contributed by atoms with van der Waals surface area (Å²) in [6.45, 7) is 0. The Bertz CT molecular complexity index is 1190. The fourth-order valence-electron chi connectivity index (χ4n) is 4.24. The molecule has 2 heterocycles. The zero-order valence-corrected chi connectivity index (χ0v) is 17.9. The van der Waals surface area contributed by atoms with Crippen LogP contribution in [-0.2, 0) is 19.2 Å². The van der Waals surface area contributed by atoms with Crippen LogP contribution in [0.3, 0.4) is 0 Å². The Morgan fingerprint density at radius 3 is 1.79 bits per heavy atom. The number of rotatable bonds is 6. The van der Waals surface area contributed by atoms with Crippen molar-refractivity contribution in [1.29, 1.82) is 0 Å². The van der Waals surface area contributed by atoms with Crippen LogP contribution < -0.4 is 5.48 Å². The molecule has 3 amide bonds. The highest BCUT2D eigenvalue weighted by atomic mass is 16.7. The van der Waals surface area contributed by atoms with Crippen LogP contribution in [0.2, 0.25) is 0 Å². The summed E-state index contributed by atoms with van der Waals surface area (Å²) in [5, 5.41) is 0. The van der Waals surface area contributed by atoms with E-state index in [1.165, 1.54) is 12.1 Å². The van der Waals surface area contributed by atoms with Crippen LogP contribution in [0.25, 0.3) is 0 Å². The standard InChI is InChI=1S/C26H20N2O6/c29-21-15-20(34-27-21)22(28-24(30)18-13-7-8-14-19(18)25(28)31)26(32)33-23(16-9-3-1-4-10-16)17-11-5-2-6-12-17/h1-14,20,22-23H,15H2,(H,27,29)/t20-,22-/m0/s1. The lowest BCUT2D eigenvalue weighted by Crippen LogP contribution is -2.52. The highest BCUT2D eigenvalue weighted by Crippen LogP contribution is 2.32. The number of ether oxygens (including phenoxy) is 1. The third-order valence-electron chi connectivity index (χ3n) is 5.85. The molecule has 0 aliphatic carbocycles. The Kier molecular flexibility index (Phi) is 5.65. The molecule has 2 aliphatic heterocycles. The van der Waals surface area contributed by atoms with Gasteiger partial charge in [-0.15, -0.1) is 0 Å². The van der Waals surface area contributed by atoms with Gasteiger partial charge < -0.3 is 4.74 Å². The van der Waals surface area contributed by atoms with Crippen molar-refractivity contribution in [3.63, 3.8) is 0 Å². The van der Waals surface area contributed by atoms with Crippen molar-refractivity contribution in [3.8, 4) is 0 Å². The van der Waals surface area contributed by atoms with Crippen molar-refractivity contribution in [2.24, 2.45) is 0 Å². The van der Waals surface area contributed by atoms with E-state index in [2.05, 4.69) is 5.48 Å². The quantitative estimate of drug-likeness (QED) is 0.452. The van der Waals surface area contributed by atoms with E-state index in [-0.39, 0.29) is 17.5 Å². The maximum Gasteiger partial charge on any atom is 0.333 e. The van der Waals surface area contributed by atoms with E-state index < -0.39 is 41.9 Å². The summed E-state index contributed by atoms with van der Waals surface area (Å²) in [7, 11) is 0. The van der Waals surface area contributed by atoms with Gasteiger partial charge in [0.1, 0.15) is 6.10 Å². The Labute approximate surface area is 195 Å². The minimum Gasteiger partial charge on any atom is -0.451 e. The molecule has 5 rings (SSSR count). The van der Waals surface area contributed by atoms with Gasteiger partial charge in [0.2, 0.25) is 5.91 Å². The highest BCUT2D eigenvalue weighted by molar-refractivity contribution is 6.22. The number of amides is 3. The normalized spacial score (nSPS) is 18.1. The average molecular weight is 456 g/mol. The van der Waals surface area contributed by atoms with Crippen LogP contribution >= 0.6 is 0 Å². The molecule has 0 bridgehead atoms. The van der Waals surface area contributed by atoms with Gasteiger partial charge in [-0.2, -0.15) is 0 Å². The molecule has 0 unspecified atom stereocenters. The van der Waals surface area contributed by atoms with Gasteiger partial charge in [0.25, 0.3) is 11.8 Å². The summed E-state index contributed by atoms with van der Waals surface area (Å²) in [6, 6.07) is 23.1. The zero-order valence-electron chi connectivity index (χ0n) is 17.9. The third-order valence-corrected chi connectivity index (χ3v) is 5.85. The number of carbonyl (C=O) groups is 4. The van der Waals surface area contributed by atoms with E-state index >= 15 is 0 Å². The van der Waals surface area contributed by atoms with Crippen molar-refractivity contribution in [3.05, 3.63) is 107 Å². The molecular weight excluding hydrogens is 436 g/mol. The lowest BCUT2D eigenvalue weighted by Gasteiger charge is -2.29. The second kappa shape index (κ2) is 8.92. The van der Waals surface area contributed by atoms with Crippen LogP contribution in [0.5, 0.6) is 0 Å². The minimum absolute atomic E-state index is 0.185. The summed E-state index contributed by atoms with van der Waals surface area (Å²) >= 11 is 0. The van der Waals surface area contributed by atoms with Gasteiger partial charge in [-0.25, -0.2) is 10.3 Å². The molecule has 1 N–H and O–H groups in total. The molecule has 34 heavy (non-hydrogen) atoms. The average Bonchev–Trinajstić information content (AvgIpc) is 3.41. The van der Waals surface area contributed by atoms with E-state index in [1.54, 1.807) is 12.1 Å². The second-order valence-corrected chi connectivity index (χ2v) is 7.99. The van der Waals surface area contributed by atoms with Gasteiger partial charge in [-0.05, 0) is 23.3 Å². The highest BCUT2D eigenvalue weighted by Gasteiger charge is 2.50. The largest absolute Gasteiger partial charge is 0.451 e. The van der Waals surface area contributed by atoms with E-state index in [1.807, 2.05) is 60.7 Å². The van der Waals surface area contributed by atoms with Crippen LogP contribution in [0.4, 0.5) is 0 Å². The third kappa shape index (κ3) is 3.84. The molecule has 3 aromatic carbocycles. The first-order valence-electron chi connectivity index (χ1n) is 10.8. The van der Waals surface area contributed by atoms with Crippen molar-refractivity contribution in [2.75, 3.05) is 0 Å². The number of hydrogen-bond acceptors (Lipinski definition) is 6. The summed E-state index contributed by atoms with van der Waals surface area (Å²) in [4.78, 5) is 57.9. The first kappa shape index (κ1) is 21.5. The monoisotopic (exact) mass is 456 g/mol. The van der Waals surface area contributed by atoms with Gasteiger partial charge in [-0.3, -0.25) is 24.1 Å². The lowest BCUT2D eigenvalue weighted by atomic mass is 10.0. The molecule has 8 heteroatoms. The number of benzene rings is 3. The van der Waals surface area contributed by atoms with Gasteiger partial charge in [0, 0.05) is 0 Å². The Morgan fingerprint density at radius 2 is 1.32 bits per heavy atom. The number of hydroxylamine groups is 1. The number of esters is 1. The van der Waals surface area contributed by atoms with Gasteiger partial charge in [0.15, 0.2) is 12.1 Å². The molecule has 0 spiro atoms. The van der Waals surface area contributed by atoms with E-state index in [4.69, 9.17) is 9.57 Å². The first-order chi connectivity index (χ1) is 16.5. The van der Waals surface area contributed by atoms with Crippen LogP contribution in [-0.4, -0.2) is 40.7 Å². The Hall–Kier alpha value is -4.30. The number of carbonyl (C=O) groups excluding carboxylic acids is 4. The summed E-state index contributed by atoms with van der Waals surface area (Å²) in [5.74, 6) is -2.58. The fourth-order valence-corrected chi connectivity index (χ4v) is 4.24. The van der Waals surface area contributed by atoms with Crippen LogP contribution in [0, 0.1) is 0 Å². The number of nitrogens with one attached hydrogen (secondary N) is 1. The van der Waals surface area contributed by atoms with Crippen LogP contribution in [0.1, 0.15) is 44.4 Å². The number of imide groups is 1. The minimum atomic E-state index is -1.46. The predicted octanol–water partition coefficient (Wildman–Crippen LogP) is 2.80. The topological polar surface area (TPSA) is 102 Å². The fraction of sp³-hybridized carbons (Fsp3) is 0.154. The summed E-state index contributed by atoms with van der Waals surface area (Å²) in [5.41, 5.74) is 4.00. The van der Waals surface area contributed by atoms with E-state index in [0.717, 1.165) is 4.90 Å². The Morgan fingerprint density at radius 1 is 0.824 bits per heavy atom. The molecule has 3 aromatic rings. The van der Waals surface area contributed by atoms with Crippen molar-refractivity contribution < 1.29 is 28.8 Å². The second-order valence-electron chi connectivity index (χ2n) is 7.99. The Balaban J connectivity index is 1.52. The molecular formula is C26H20N2O6. The molecule has 0 saturated carbocycles. The zero-order chi connectivity index (χ0) is 23.7. The summed E-state index contributed by atoms with van der Waals surface area (Å²) in [6.07, 6.45) is -2.08. The van der Waals surface area contributed by atoms with Crippen LogP contribution in [0.15, 0.2) is 84.9 Å². The molecule has 1 saturated heterocycles. The number of fused-ring (bicyclic) bond motifs is 1. The molecule has 2 aliphatic rings. The van der Waals surface area contributed by atoms with E-state index in [0.29, 0.717) is 11.1 Å². The summed E-state index contributed by atoms with van der Waals surface area (Å²) < 4.78 is 5.94. The number of hydrogen-bond donors (Lipinski definition) is 1. The van der Waals surface area contributed by atoms with E-state index in [9.17, 15) is 19.2 Å². The molecule has 8 nitrogen and oxygen atoms in total. The lowest BCUT2D eigenvalue weighted by molar-refractivity contribution is -0.158. The van der Waals surface area contributed by atoms with Gasteiger partial charge in [0.05, 0.1) is 17.5 Å². The van der Waals surface area contributed by atoms with Crippen molar-refractivity contribution >= 4 is 23.7 Å². The van der Waals surface area contributed by atoms with Gasteiger partial charge >= 0.3 is 5.97 Å². The SMILES string of the molecule is O=C1C[C@@H]([C@@H](C(=O)OC(c2ccccc2)c2ccccc2)N2C(=O)c3ccccc3C2=O)ON1. The number of nitrogens with zero attached hydrogens (tertiary/aromatic N) is 1. The first-order valence-corrected chi connectivity index (χ1v) is 10.8. The molecule has 2 atom stereocenters. The predicted molar refractivity (Wildman–Crippen MR) is 119 cm³/mol. The maximum atomic E-state index is 13.6. The molecule has 0 radical (unpaired) electrons. The van der Waals surface area contributed by atoms with Crippen molar-refractivity contribution in [2.45, 2.75) is 24.7 Å². The molecule has 1 fully saturated rings. The molecule has 170 valence electrons.